The molecule has 0 amide bonds. The van der Waals surface area contributed by atoms with Gasteiger partial charge in [-0.2, -0.15) is 0 Å². The third-order valence-electron chi connectivity index (χ3n) is 2.32. The van der Waals surface area contributed by atoms with Gasteiger partial charge in [-0.15, -0.1) is 0 Å². The summed E-state index contributed by atoms with van der Waals surface area (Å²) in [5.74, 6) is -0.627. The Kier molecular flexibility index (Phi) is 3.61. The zero-order valence-corrected chi connectivity index (χ0v) is 10.7. The fraction of sp³-hybridized carbons (Fsp3) is 0. The molecule has 0 saturated carbocycles. The molecule has 2 rings (SSSR count). The van der Waals surface area contributed by atoms with E-state index >= 15 is 0 Å². The second-order valence-electron chi connectivity index (χ2n) is 3.72. The lowest BCUT2D eigenvalue weighted by Crippen LogP contribution is -2.13. The molecule has 7 nitrogen and oxygen atoms in total. The van der Waals surface area contributed by atoms with Crippen molar-refractivity contribution in [2.45, 2.75) is 4.90 Å². The van der Waals surface area contributed by atoms with Crippen LogP contribution in [0.4, 0.5) is 15.9 Å². The van der Waals surface area contributed by atoms with Gasteiger partial charge in [0.05, 0.1) is 9.82 Å². The van der Waals surface area contributed by atoms with Gasteiger partial charge in [0.2, 0.25) is 0 Å². The lowest BCUT2D eigenvalue weighted by Gasteiger charge is -2.06. The van der Waals surface area contributed by atoms with Crippen LogP contribution in [0, 0.1) is 15.9 Å². The van der Waals surface area contributed by atoms with Crippen LogP contribution in [0.5, 0.6) is 0 Å². The van der Waals surface area contributed by atoms with Gasteiger partial charge in [0, 0.05) is 6.07 Å². The number of halogens is 1. The van der Waals surface area contributed by atoms with Gasteiger partial charge in [-0.25, -0.2) is 17.8 Å². The summed E-state index contributed by atoms with van der Waals surface area (Å²) in [5.41, 5.74) is -0.255. The average Bonchev–Trinajstić information content (AvgIpc) is 2.39. The maximum absolute atomic E-state index is 12.7. The molecule has 2 aromatic rings. The van der Waals surface area contributed by atoms with E-state index in [-0.39, 0.29) is 16.4 Å². The van der Waals surface area contributed by atoms with E-state index in [1.165, 1.54) is 6.07 Å². The summed E-state index contributed by atoms with van der Waals surface area (Å²) in [6.07, 6.45) is 0.933. The van der Waals surface area contributed by atoms with Crippen LogP contribution in [-0.4, -0.2) is 18.3 Å². The van der Waals surface area contributed by atoms with Crippen LogP contribution in [0.25, 0.3) is 0 Å². The molecule has 1 heterocycles. The van der Waals surface area contributed by atoms with E-state index in [0.29, 0.717) is 0 Å². The second-order valence-corrected chi connectivity index (χ2v) is 5.40. The van der Waals surface area contributed by atoms with Crippen LogP contribution in [0.2, 0.25) is 0 Å². The molecule has 1 N–H and O–H groups in total. The molecule has 104 valence electrons. The number of nitrogens with zero attached hydrogens (tertiary/aromatic N) is 2. The summed E-state index contributed by atoms with van der Waals surface area (Å²) in [4.78, 5) is 13.3. The highest BCUT2D eigenvalue weighted by Crippen LogP contribution is 2.17. The van der Waals surface area contributed by atoms with Gasteiger partial charge in [-0.05, 0) is 30.3 Å². The van der Waals surface area contributed by atoms with E-state index in [4.69, 9.17) is 0 Å². The molecule has 0 bridgehead atoms. The highest BCUT2D eigenvalue weighted by atomic mass is 32.2. The van der Waals surface area contributed by atoms with Gasteiger partial charge in [0.15, 0.2) is 0 Å². The van der Waals surface area contributed by atoms with Gasteiger partial charge >= 0.3 is 0 Å². The van der Waals surface area contributed by atoms with Gasteiger partial charge in [-0.1, -0.05) is 0 Å². The molecular formula is C11H8FN3O4S. The van der Waals surface area contributed by atoms with Crippen LogP contribution >= 0.6 is 0 Å². The predicted molar refractivity (Wildman–Crippen MR) is 68.1 cm³/mol. The third-order valence-corrected chi connectivity index (χ3v) is 3.69. The largest absolute Gasteiger partial charge is 0.287 e. The second kappa shape index (κ2) is 5.21. The van der Waals surface area contributed by atoms with Gasteiger partial charge in [0.25, 0.3) is 15.7 Å². The average molecular weight is 297 g/mol. The van der Waals surface area contributed by atoms with Crippen LogP contribution in [0.3, 0.4) is 0 Å². The summed E-state index contributed by atoms with van der Waals surface area (Å²) >= 11 is 0. The van der Waals surface area contributed by atoms with Crippen molar-refractivity contribution >= 4 is 21.5 Å². The molecule has 0 saturated heterocycles. The van der Waals surface area contributed by atoms with Crippen molar-refractivity contribution in [1.29, 1.82) is 0 Å². The number of sulfonamides is 1. The van der Waals surface area contributed by atoms with E-state index in [1.807, 2.05) is 0 Å². The molecule has 0 atom stereocenters. The Balaban J connectivity index is 2.24. The topological polar surface area (TPSA) is 102 Å². The van der Waals surface area contributed by atoms with Crippen LogP contribution in [0.1, 0.15) is 0 Å². The molecule has 0 radical (unpaired) electrons. The van der Waals surface area contributed by atoms with E-state index in [0.717, 1.165) is 36.5 Å². The molecule has 1 aromatic heterocycles. The Morgan fingerprint density at radius 2 is 1.80 bits per heavy atom. The Labute approximate surface area is 113 Å². The van der Waals surface area contributed by atoms with E-state index in [9.17, 15) is 22.9 Å². The normalized spacial score (nSPS) is 11.1. The first-order valence-corrected chi connectivity index (χ1v) is 6.76. The molecule has 0 aliphatic rings. The van der Waals surface area contributed by atoms with Crippen molar-refractivity contribution in [3.8, 4) is 0 Å². The van der Waals surface area contributed by atoms with Crippen molar-refractivity contribution in [2.75, 3.05) is 4.72 Å². The number of hydrogen-bond acceptors (Lipinski definition) is 5. The maximum Gasteiger partial charge on any atom is 0.287 e. The van der Waals surface area contributed by atoms with Gasteiger partial charge in [0.1, 0.15) is 17.8 Å². The highest BCUT2D eigenvalue weighted by molar-refractivity contribution is 7.92. The maximum atomic E-state index is 12.7. The Morgan fingerprint density at radius 1 is 1.15 bits per heavy atom. The molecule has 20 heavy (non-hydrogen) atoms. The summed E-state index contributed by atoms with van der Waals surface area (Å²) in [5, 5.41) is 10.4. The number of aromatic nitrogens is 1. The quantitative estimate of drug-likeness (QED) is 0.686. The zero-order chi connectivity index (χ0) is 14.8. The minimum Gasteiger partial charge on any atom is -0.263 e. The predicted octanol–water partition coefficient (Wildman–Crippen LogP) is 1.93. The molecule has 0 aliphatic carbocycles. The summed E-state index contributed by atoms with van der Waals surface area (Å²) < 4.78 is 38.7. The first kappa shape index (κ1) is 13.9. The number of nitrogens with one attached hydrogen (secondary N) is 1. The number of anilines is 1. The minimum absolute atomic E-state index is 0.0695. The van der Waals surface area contributed by atoms with Crippen LogP contribution in [0.15, 0.2) is 47.5 Å². The first-order chi connectivity index (χ1) is 9.38. The Bertz CT molecular complexity index is 729. The SMILES string of the molecule is O=[N+]([O-])c1ccc(NS(=O)(=O)c2ccc(F)cc2)nc1. The van der Waals surface area contributed by atoms with E-state index in [1.54, 1.807) is 0 Å². The Morgan fingerprint density at radius 3 is 2.30 bits per heavy atom. The van der Waals surface area contributed by atoms with Crippen LogP contribution in [-0.2, 0) is 10.0 Å². The van der Waals surface area contributed by atoms with Gasteiger partial charge < -0.3 is 0 Å². The van der Waals surface area contributed by atoms with Gasteiger partial charge in [-0.3, -0.25) is 14.8 Å². The zero-order valence-electron chi connectivity index (χ0n) is 9.86. The molecule has 0 aliphatic heterocycles. The molecule has 0 spiro atoms. The number of benzene rings is 1. The summed E-state index contributed by atoms with van der Waals surface area (Å²) in [6.45, 7) is 0. The van der Waals surface area contributed by atoms with Crippen molar-refractivity contribution in [3.05, 3.63) is 58.5 Å². The molecular weight excluding hydrogens is 289 g/mol. The van der Waals surface area contributed by atoms with Crippen molar-refractivity contribution in [2.24, 2.45) is 0 Å². The smallest absolute Gasteiger partial charge is 0.263 e. The first-order valence-electron chi connectivity index (χ1n) is 5.27. The van der Waals surface area contributed by atoms with Crippen molar-refractivity contribution in [1.82, 2.24) is 4.98 Å². The molecule has 9 heteroatoms. The molecule has 0 unspecified atom stereocenters. The minimum atomic E-state index is -3.91. The van der Waals surface area contributed by atoms with E-state index < -0.39 is 20.8 Å². The van der Waals surface area contributed by atoms with Crippen molar-refractivity contribution in [3.63, 3.8) is 0 Å². The molecule has 1 aromatic carbocycles. The number of nitro groups is 1. The number of rotatable bonds is 4. The lowest BCUT2D eigenvalue weighted by molar-refractivity contribution is -0.385. The van der Waals surface area contributed by atoms with Crippen LogP contribution < -0.4 is 4.72 Å². The number of hydrogen-bond donors (Lipinski definition) is 1. The fourth-order valence-corrected chi connectivity index (χ4v) is 2.37. The van der Waals surface area contributed by atoms with E-state index in [2.05, 4.69) is 9.71 Å². The Hall–Kier alpha value is -2.55. The monoisotopic (exact) mass is 297 g/mol. The molecule has 0 fully saturated rings. The number of pyridine rings is 1. The summed E-state index contributed by atoms with van der Waals surface area (Å²) in [6, 6.07) is 6.51. The standard InChI is InChI=1S/C11H8FN3O4S/c12-8-1-4-10(5-2-8)20(18,19)14-11-6-3-9(7-13-11)15(16)17/h1-7H,(H,13,14). The third kappa shape index (κ3) is 3.06. The summed E-state index contributed by atoms with van der Waals surface area (Å²) in [7, 11) is -3.91. The fourth-order valence-electron chi connectivity index (χ4n) is 1.36. The lowest BCUT2D eigenvalue weighted by atomic mass is 10.4. The highest BCUT2D eigenvalue weighted by Gasteiger charge is 2.15. The van der Waals surface area contributed by atoms with Crippen molar-refractivity contribution < 1.29 is 17.7 Å².